The molecule has 1 fully saturated rings. The van der Waals surface area contributed by atoms with E-state index in [0.717, 1.165) is 25.4 Å². The van der Waals surface area contributed by atoms with Gasteiger partial charge in [-0.1, -0.05) is 52.0 Å². The first-order valence-corrected chi connectivity index (χ1v) is 8.65. The lowest BCUT2D eigenvalue weighted by atomic mass is 10.0. The van der Waals surface area contributed by atoms with Crippen molar-refractivity contribution in [2.24, 2.45) is 5.92 Å². The zero-order chi connectivity index (χ0) is 14.6. The topological polar surface area (TPSA) is 20.3 Å². The lowest BCUT2D eigenvalue weighted by molar-refractivity contribution is -0.126. The first-order chi connectivity index (χ1) is 9.70. The van der Waals surface area contributed by atoms with Crippen molar-refractivity contribution in [2.75, 3.05) is 13.1 Å². The number of unbranched alkanes of at least 4 members (excludes halogenated alkanes) is 5. The second kappa shape index (κ2) is 10.9. The van der Waals surface area contributed by atoms with Crippen LogP contribution in [-0.4, -0.2) is 23.9 Å². The van der Waals surface area contributed by atoms with Gasteiger partial charge < -0.3 is 4.90 Å². The van der Waals surface area contributed by atoms with Crippen LogP contribution < -0.4 is 0 Å². The molecule has 0 saturated carbocycles. The van der Waals surface area contributed by atoms with Crippen LogP contribution in [0.4, 0.5) is 0 Å². The van der Waals surface area contributed by atoms with Crippen LogP contribution in [-0.2, 0) is 4.79 Å². The quantitative estimate of drug-likeness (QED) is 0.432. The second-order valence-electron chi connectivity index (χ2n) is 6.53. The number of rotatable bonds is 9. The van der Waals surface area contributed by atoms with Crippen molar-refractivity contribution in [3.63, 3.8) is 0 Å². The van der Waals surface area contributed by atoms with Gasteiger partial charge in [-0.15, -0.1) is 0 Å². The van der Waals surface area contributed by atoms with Gasteiger partial charge in [0.25, 0.3) is 0 Å². The van der Waals surface area contributed by atoms with Gasteiger partial charge in [-0.25, -0.2) is 0 Å². The van der Waals surface area contributed by atoms with E-state index >= 15 is 0 Å². The van der Waals surface area contributed by atoms with E-state index in [-0.39, 0.29) is 5.91 Å². The van der Waals surface area contributed by atoms with Gasteiger partial charge in [0, 0.05) is 13.1 Å². The molecule has 1 saturated heterocycles. The molecule has 0 N–H and O–H groups in total. The smallest absolute Gasteiger partial charge is 0.246 e. The highest BCUT2D eigenvalue weighted by molar-refractivity contribution is 5.87. The Morgan fingerprint density at radius 3 is 2.35 bits per heavy atom. The fraction of sp³-hybridized carbons (Fsp3) is 0.833. The molecule has 0 spiro atoms. The Morgan fingerprint density at radius 1 is 1.00 bits per heavy atom. The number of hydrogen-bond donors (Lipinski definition) is 0. The van der Waals surface area contributed by atoms with Gasteiger partial charge in [0.05, 0.1) is 0 Å². The van der Waals surface area contributed by atoms with E-state index in [9.17, 15) is 4.79 Å². The summed E-state index contributed by atoms with van der Waals surface area (Å²) in [4.78, 5) is 13.9. The fourth-order valence-corrected chi connectivity index (χ4v) is 2.75. The molecule has 2 heteroatoms. The number of piperidine rings is 1. The first-order valence-electron chi connectivity index (χ1n) is 8.65. The van der Waals surface area contributed by atoms with Crippen molar-refractivity contribution >= 4 is 5.91 Å². The minimum Gasteiger partial charge on any atom is -0.339 e. The van der Waals surface area contributed by atoms with Gasteiger partial charge in [-0.05, 0) is 44.1 Å². The van der Waals surface area contributed by atoms with Crippen LogP contribution in [0.3, 0.4) is 0 Å². The molecule has 2 nitrogen and oxygen atoms in total. The van der Waals surface area contributed by atoms with Crippen molar-refractivity contribution < 1.29 is 4.79 Å². The van der Waals surface area contributed by atoms with E-state index in [1.54, 1.807) is 6.08 Å². The van der Waals surface area contributed by atoms with Crippen LogP contribution in [0.25, 0.3) is 0 Å². The molecule has 1 heterocycles. The van der Waals surface area contributed by atoms with E-state index in [4.69, 9.17) is 0 Å². The molecule has 1 rings (SSSR count). The molecule has 0 bridgehead atoms. The summed E-state index contributed by atoms with van der Waals surface area (Å²) < 4.78 is 0. The molecule has 1 aliphatic heterocycles. The maximum atomic E-state index is 11.9. The first kappa shape index (κ1) is 17.3. The third-order valence-corrected chi connectivity index (χ3v) is 4.08. The maximum absolute atomic E-state index is 11.9. The highest BCUT2D eigenvalue weighted by Crippen LogP contribution is 2.12. The number of carbonyl (C=O) groups is 1. The molecule has 0 aromatic carbocycles. The standard InChI is InChI=1S/C18H33NO/c1-17(2)13-9-6-4-3-5-7-10-14-18(20)19-15-11-8-12-16-19/h10,14,17H,3-9,11-13,15-16H2,1-2H3/b14-10-. The average molecular weight is 279 g/mol. The summed E-state index contributed by atoms with van der Waals surface area (Å²) in [6, 6.07) is 0. The molecule has 1 aliphatic rings. The van der Waals surface area contributed by atoms with Crippen LogP contribution in [0, 0.1) is 5.92 Å². The van der Waals surface area contributed by atoms with Crippen molar-refractivity contribution in [1.29, 1.82) is 0 Å². The van der Waals surface area contributed by atoms with Crippen LogP contribution >= 0.6 is 0 Å². The molecule has 0 aromatic rings. The summed E-state index contributed by atoms with van der Waals surface area (Å²) in [5, 5.41) is 0. The number of allylic oxidation sites excluding steroid dienone is 1. The summed E-state index contributed by atoms with van der Waals surface area (Å²) in [7, 11) is 0. The van der Waals surface area contributed by atoms with Crippen LogP contribution in [0.15, 0.2) is 12.2 Å². The Morgan fingerprint density at radius 2 is 1.65 bits per heavy atom. The Kier molecular flexibility index (Phi) is 9.44. The summed E-state index contributed by atoms with van der Waals surface area (Å²) in [5.41, 5.74) is 0. The second-order valence-corrected chi connectivity index (χ2v) is 6.53. The number of amides is 1. The normalized spacial score (nSPS) is 16.2. The predicted octanol–water partition coefficient (Wildman–Crippen LogP) is 4.94. The molecule has 0 radical (unpaired) electrons. The lowest BCUT2D eigenvalue weighted by Gasteiger charge is -2.25. The molecule has 0 aliphatic carbocycles. The van der Waals surface area contributed by atoms with E-state index in [0.29, 0.717) is 0 Å². The molecule has 0 atom stereocenters. The molecular formula is C18H33NO. The van der Waals surface area contributed by atoms with Crippen LogP contribution in [0.5, 0.6) is 0 Å². The summed E-state index contributed by atoms with van der Waals surface area (Å²) in [5.74, 6) is 1.07. The summed E-state index contributed by atoms with van der Waals surface area (Å²) in [6.07, 6.45) is 16.6. The minimum absolute atomic E-state index is 0.224. The average Bonchev–Trinajstić information content (AvgIpc) is 2.46. The van der Waals surface area contributed by atoms with E-state index in [1.807, 2.05) is 4.90 Å². The third-order valence-electron chi connectivity index (χ3n) is 4.08. The molecule has 1 amide bonds. The monoisotopic (exact) mass is 279 g/mol. The van der Waals surface area contributed by atoms with Gasteiger partial charge in [-0.3, -0.25) is 4.79 Å². The van der Waals surface area contributed by atoms with Crippen LogP contribution in [0.1, 0.15) is 78.1 Å². The predicted molar refractivity (Wildman–Crippen MR) is 86.7 cm³/mol. The van der Waals surface area contributed by atoms with Crippen LogP contribution in [0.2, 0.25) is 0 Å². The molecular weight excluding hydrogens is 246 g/mol. The maximum Gasteiger partial charge on any atom is 0.246 e. The zero-order valence-corrected chi connectivity index (χ0v) is 13.6. The Labute approximate surface area is 125 Å². The SMILES string of the molecule is CC(C)CCCCCCC/C=C\C(=O)N1CCCCC1. The lowest BCUT2D eigenvalue weighted by Crippen LogP contribution is -2.34. The molecule has 20 heavy (non-hydrogen) atoms. The number of likely N-dealkylation sites (tertiary alicyclic amines) is 1. The highest BCUT2D eigenvalue weighted by atomic mass is 16.2. The van der Waals surface area contributed by atoms with E-state index in [1.165, 1.54) is 57.8 Å². The van der Waals surface area contributed by atoms with Crippen molar-refractivity contribution in [3.8, 4) is 0 Å². The number of hydrogen-bond acceptors (Lipinski definition) is 1. The largest absolute Gasteiger partial charge is 0.339 e. The van der Waals surface area contributed by atoms with Gasteiger partial charge in [0.2, 0.25) is 5.91 Å². The van der Waals surface area contributed by atoms with Gasteiger partial charge in [-0.2, -0.15) is 0 Å². The fourth-order valence-electron chi connectivity index (χ4n) is 2.75. The van der Waals surface area contributed by atoms with Gasteiger partial charge in [0.15, 0.2) is 0 Å². The van der Waals surface area contributed by atoms with Gasteiger partial charge >= 0.3 is 0 Å². The Bertz CT molecular complexity index is 277. The zero-order valence-electron chi connectivity index (χ0n) is 13.6. The number of carbonyl (C=O) groups excluding carboxylic acids is 1. The summed E-state index contributed by atoms with van der Waals surface area (Å²) >= 11 is 0. The Hall–Kier alpha value is -0.790. The van der Waals surface area contributed by atoms with Gasteiger partial charge in [0.1, 0.15) is 0 Å². The molecule has 0 aromatic heterocycles. The van der Waals surface area contributed by atoms with Crippen molar-refractivity contribution in [1.82, 2.24) is 4.90 Å². The van der Waals surface area contributed by atoms with E-state index < -0.39 is 0 Å². The van der Waals surface area contributed by atoms with Crippen molar-refractivity contribution in [3.05, 3.63) is 12.2 Å². The van der Waals surface area contributed by atoms with Crippen molar-refractivity contribution in [2.45, 2.75) is 78.1 Å². The molecule has 0 unspecified atom stereocenters. The highest BCUT2D eigenvalue weighted by Gasteiger charge is 2.13. The minimum atomic E-state index is 0.224. The Balaban J connectivity index is 1.94. The third kappa shape index (κ3) is 8.39. The molecule has 116 valence electrons. The van der Waals surface area contributed by atoms with E-state index in [2.05, 4.69) is 19.9 Å². The summed E-state index contributed by atoms with van der Waals surface area (Å²) in [6.45, 7) is 6.51. The number of nitrogens with zero attached hydrogens (tertiary/aromatic N) is 1.